The Morgan fingerprint density at radius 2 is 1.00 bits per heavy atom. The Morgan fingerprint density at radius 3 is 1.50 bits per heavy atom. The van der Waals surface area contributed by atoms with Gasteiger partial charge in [-0.2, -0.15) is 0 Å². The van der Waals surface area contributed by atoms with Crippen molar-refractivity contribution in [1.82, 2.24) is 0 Å². The molecule has 5 rings (SSSR count). The van der Waals surface area contributed by atoms with Gasteiger partial charge in [-0.25, -0.2) is 4.39 Å². The van der Waals surface area contributed by atoms with Crippen molar-refractivity contribution in [3.63, 3.8) is 0 Å². The summed E-state index contributed by atoms with van der Waals surface area (Å²) in [6, 6.07) is 21.0. The molecule has 2 atom stereocenters. The minimum Gasteiger partial charge on any atom is -0.293 e. The first-order chi connectivity index (χ1) is 12.7. The highest BCUT2D eigenvalue weighted by molar-refractivity contribution is 6.15. The maximum Gasteiger partial charge on any atom is 0.171 e. The molecule has 0 amide bonds. The van der Waals surface area contributed by atoms with E-state index in [1.54, 1.807) is 30.3 Å². The Labute approximate surface area is 150 Å². The van der Waals surface area contributed by atoms with Crippen molar-refractivity contribution in [3.8, 4) is 0 Å². The minimum absolute atomic E-state index is 0.0370. The van der Waals surface area contributed by atoms with Crippen LogP contribution in [0.25, 0.3) is 0 Å². The van der Waals surface area contributed by atoms with Crippen molar-refractivity contribution >= 4 is 11.6 Å². The monoisotopic (exact) mass is 342 g/mol. The number of Topliss-reactive ketones (excluding diaryl/α,β-unsaturated/α-hetero) is 2. The lowest BCUT2D eigenvalue weighted by molar-refractivity contribution is 0.0850. The van der Waals surface area contributed by atoms with Crippen LogP contribution in [0.4, 0.5) is 4.39 Å². The molecule has 2 bridgehead atoms. The van der Waals surface area contributed by atoms with E-state index in [1.165, 1.54) is 6.07 Å². The molecule has 0 N–H and O–H groups in total. The summed E-state index contributed by atoms with van der Waals surface area (Å²) in [5, 5.41) is 0. The van der Waals surface area contributed by atoms with Crippen LogP contribution in [-0.2, 0) is 0 Å². The lowest BCUT2D eigenvalue weighted by Crippen LogP contribution is -2.40. The van der Waals surface area contributed by atoms with Crippen LogP contribution in [0.15, 0.2) is 72.8 Å². The summed E-state index contributed by atoms with van der Waals surface area (Å²) in [7, 11) is 0. The number of ketones is 2. The van der Waals surface area contributed by atoms with E-state index in [0.29, 0.717) is 27.8 Å². The number of benzene rings is 3. The minimum atomic E-state index is -0.541. The zero-order valence-corrected chi connectivity index (χ0v) is 13.9. The van der Waals surface area contributed by atoms with Gasteiger partial charge in [-0.3, -0.25) is 9.59 Å². The molecular formula is C23H15FO2. The first kappa shape index (κ1) is 15.2. The van der Waals surface area contributed by atoms with Crippen LogP contribution in [0.2, 0.25) is 0 Å². The van der Waals surface area contributed by atoms with Gasteiger partial charge in [0.1, 0.15) is 5.82 Å². The Kier molecular flexibility index (Phi) is 3.20. The van der Waals surface area contributed by atoms with Crippen LogP contribution in [0.5, 0.6) is 0 Å². The first-order valence-corrected chi connectivity index (χ1v) is 8.69. The van der Waals surface area contributed by atoms with Crippen LogP contribution in [0.3, 0.4) is 0 Å². The molecule has 0 saturated heterocycles. The average molecular weight is 342 g/mol. The standard InChI is InChI=1S/C23H15FO2/c24-18-12-6-5-11-17(18)19-20-13-7-1-3-9-15(13)22(25)21(19)14-8-2-4-10-16(14)23(20)26/h1-12,19-21H. The van der Waals surface area contributed by atoms with Crippen molar-refractivity contribution in [2.24, 2.45) is 0 Å². The van der Waals surface area contributed by atoms with Crippen molar-refractivity contribution in [2.75, 3.05) is 0 Å². The van der Waals surface area contributed by atoms with Gasteiger partial charge < -0.3 is 0 Å². The summed E-state index contributed by atoms with van der Waals surface area (Å²) in [4.78, 5) is 26.7. The molecular weight excluding hydrogens is 327 g/mol. The van der Waals surface area contributed by atoms with Gasteiger partial charge in [0.15, 0.2) is 11.6 Å². The SMILES string of the molecule is O=C1c2ccccc2C2C(=O)c3ccccc3C1C2c1ccccc1F. The maximum atomic E-state index is 14.7. The second-order valence-electron chi connectivity index (χ2n) is 6.91. The van der Waals surface area contributed by atoms with Gasteiger partial charge in [0.25, 0.3) is 0 Å². The summed E-state index contributed by atoms with van der Waals surface area (Å²) in [5.74, 6) is -2.04. The van der Waals surface area contributed by atoms with Crippen LogP contribution >= 0.6 is 0 Å². The third-order valence-corrected chi connectivity index (χ3v) is 5.67. The van der Waals surface area contributed by atoms with E-state index in [2.05, 4.69) is 0 Å². The zero-order chi connectivity index (χ0) is 17.8. The van der Waals surface area contributed by atoms with Crippen LogP contribution < -0.4 is 0 Å². The molecule has 2 aliphatic rings. The number of hydrogen-bond donors (Lipinski definition) is 0. The molecule has 0 heterocycles. The smallest absolute Gasteiger partial charge is 0.171 e. The number of halogens is 1. The van der Waals surface area contributed by atoms with E-state index in [1.807, 2.05) is 36.4 Å². The fraction of sp³-hybridized carbons (Fsp3) is 0.130. The summed E-state index contributed by atoms with van der Waals surface area (Å²) in [5.41, 5.74) is 3.02. The second-order valence-corrected chi connectivity index (χ2v) is 6.91. The van der Waals surface area contributed by atoms with Crippen molar-refractivity contribution < 1.29 is 14.0 Å². The van der Waals surface area contributed by atoms with E-state index in [0.717, 1.165) is 0 Å². The van der Waals surface area contributed by atoms with Crippen molar-refractivity contribution in [2.45, 2.75) is 17.8 Å². The quantitative estimate of drug-likeness (QED) is 0.632. The maximum absolute atomic E-state index is 14.7. The molecule has 26 heavy (non-hydrogen) atoms. The lowest BCUT2D eigenvalue weighted by atomic mass is 9.57. The molecule has 3 aromatic carbocycles. The van der Waals surface area contributed by atoms with Gasteiger partial charge in [-0.05, 0) is 22.8 Å². The zero-order valence-electron chi connectivity index (χ0n) is 13.9. The normalized spacial score (nSPS) is 23.3. The molecule has 3 aromatic rings. The highest BCUT2D eigenvalue weighted by atomic mass is 19.1. The number of carbonyl (C=O) groups excluding carboxylic acids is 2. The summed E-state index contributed by atoms with van der Waals surface area (Å²) in [6.45, 7) is 0. The Balaban J connectivity index is 1.86. The van der Waals surface area contributed by atoms with E-state index < -0.39 is 17.8 Å². The predicted molar refractivity (Wildman–Crippen MR) is 96.2 cm³/mol. The Morgan fingerprint density at radius 1 is 0.577 bits per heavy atom. The van der Waals surface area contributed by atoms with Crippen LogP contribution in [-0.4, -0.2) is 11.6 Å². The number of carbonyl (C=O) groups is 2. The molecule has 0 radical (unpaired) electrons. The fourth-order valence-electron chi connectivity index (χ4n) is 4.61. The molecule has 0 aliphatic heterocycles. The molecule has 0 saturated carbocycles. The Hall–Kier alpha value is -3.07. The number of hydrogen-bond acceptors (Lipinski definition) is 2. The molecule has 2 aliphatic carbocycles. The summed E-state index contributed by atoms with van der Waals surface area (Å²) >= 11 is 0. The van der Waals surface area contributed by atoms with Crippen molar-refractivity contribution in [1.29, 1.82) is 0 Å². The lowest BCUT2D eigenvalue weighted by Gasteiger charge is -2.42. The van der Waals surface area contributed by atoms with E-state index >= 15 is 0 Å². The highest BCUT2D eigenvalue weighted by Gasteiger charge is 2.51. The third kappa shape index (κ3) is 1.91. The Bertz CT molecular complexity index is 1010. The predicted octanol–water partition coefficient (Wildman–Crippen LogP) is 4.87. The topological polar surface area (TPSA) is 34.1 Å². The molecule has 2 nitrogen and oxygen atoms in total. The van der Waals surface area contributed by atoms with E-state index in [4.69, 9.17) is 0 Å². The van der Waals surface area contributed by atoms with Gasteiger partial charge >= 0.3 is 0 Å². The molecule has 0 aromatic heterocycles. The first-order valence-electron chi connectivity index (χ1n) is 8.69. The van der Waals surface area contributed by atoms with Gasteiger partial charge in [0, 0.05) is 17.0 Å². The van der Waals surface area contributed by atoms with Crippen LogP contribution in [0.1, 0.15) is 55.2 Å². The van der Waals surface area contributed by atoms with E-state index in [9.17, 15) is 14.0 Å². The third-order valence-electron chi connectivity index (χ3n) is 5.67. The molecule has 0 spiro atoms. The number of fused-ring (bicyclic) bond motifs is 6. The van der Waals surface area contributed by atoms with Crippen LogP contribution in [0, 0.1) is 5.82 Å². The van der Waals surface area contributed by atoms with Gasteiger partial charge in [0.05, 0.1) is 11.8 Å². The van der Waals surface area contributed by atoms with Crippen molar-refractivity contribution in [3.05, 3.63) is 106 Å². The van der Waals surface area contributed by atoms with E-state index in [-0.39, 0.29) is 17.4 Å². The number of rotatable bonds is 1. The largest absolute Gasteiger partial charge is 0.293 e. The average Bonchev–Trinajstić information content (AvgIpc) is 2.68. The second kappa shape index (κ2) is 5.46. The molecule has 3 heteroatoms. The van der Waals surface area contributed by atoms with Gasteiger partial charge in [0.2, 0.25) is 0 Å². The summed E-state index contributed by atoms with van der Waals surface area (Å²) in [6.07, 6.45) is 0. The molecule has 2 unspecified atom stereocenters. The van der Waals surface area contributed by atoms with Gasteiger partial charge in [-0.1, -0.05) is 66.7 Å². The summed E-state index contributed by atoms with van der Waals surface area (Å²) < 4.78 is 14.7. The molecule has 126 valence electrons. The fourth-order valence-corrected chi connectivity index (χ4v) is 4.61. The molecule has 0 fully saturated rings. The van der Waals surface area contributed by atoms with Gasteiger partial charge in [-0.15, -0.1) is 0 Å². The highest BCUT2D eigenvalue weighted by Crippen LogP contribution is 2.55.